The number of carbonyl (C=O) groups excluding carboxylic acids is 2. The largest absolute Gasteiger partial charge is 0.573 e. The Bertz CT molecular complexity index is 2080. The van der Waals surface area contributed by atoms with Gasteiger partial charge < -0.3 is 23.5 Å². The molecule has 1 fully saturated rings. The summed E-state index contributed by atoms with van der Waals surface area (Å²) in [6.45, 7) is 10.8. The second-order valence-electron chi connectivity index (χ2n) is 15.3. The number of halogens is 4. The lowest BCUT2D eigenvalue weighted by Crippen LogP contribution is -2.62. The lowest BCUT2D eigenvalue weighted by molar-refractivity contribution is -0.275. The van der Waals surface area contributed by atoms with E-state index in [0.29, 0.717) is 29.1 Å². The molecule has 2 aliphatic rings. The predicted octanol–water partition coefficient (Wildman–Crippen LogP) is 7.70. The maximum absolute atomic E-state index is 15.8. The van der Waals surface area contributed by atoms with E-state index >= 15 is 4.79 Å². The lowest BCUT2D eigenvalue weighted by Gasteiger charge is -2.47. The maximum atomic E-state index is 15.8. The standard InChI is InChI=1S/C38H47ClF3N3O8SSi/c1-36(2,3)55(8,9)52-23-24-13-17-31(51-7)28(20-24)37(44-19-11-10-12-30(44)34(46)43(4)5)27-21-25(39)14-16-29(27)45(35(37)47)54(48,49)33-18-15-26(50-6)22-32(33)53-38(40,41)42/h13-18,20-22,30H,10-12,19,23H2,1-9H3/t30-,37?/m0/s1. The summed E-state index contributed by atoms with van der Waals surface area (Å²) in [4.78, 5) is 31.9. The van der Waals surface area contributed by atoms with E-state index in [1.807, 2.05) is 0 Å². The molecule has 2 amide bonds. The number of likely N-dealkylation sites (tertiary alicyclic amines) is 1. The summed E-state index contributed by atoms with van der Waals surface area (Å²) in [5.74, 6) is -2.43. The second-order valence-corrected chi connectivity index (χ2v) is 22.3. The monoisotopic (exact) mass is 825 g/mol. The fraction of sp³-hybridized carbons (Fsp3) is 0.474. The lowest BCUT2D eigenvalue weighted by atomic mass is 9.78. The highest BCUT2D eigenvalue weighted by Gasteiger charge is 2.63. The molecule has 1 saturated heterocycles. The molecule has 300 valence electrons. The summed E-state index contributed by atoms with van der Waals surface area (Å²) in [6, 6.07) is 11.2. The van der Waals surface area contributed by atoms with Gasteiger partial charge in [0.2, 0.25) is 5.91 Å². The van der Waals surface area contributed by atoms with Crippen LogP contribution in [0.3, 0.4) is 0 Å². The molecule has 3 aromatic rings. The number of fused-ring (bicyclic) bond motifs is 1. The Morgan fingerprint density at radius 1 is 0.964 bits per heavy atom. The average Bonchev–Trinajstić information content (AvgIpc) is 3.36. The van der Waals surface area contributed by atoms with Gasteiger partial charge in [0, 0.05) is 42.9 Å². The van der Waals surface area contributed by atoms with E-state index in [4.69, 9.17) is 25.5 Å². The van der Waals surface area contributed by atoms with Gasteiger partial charge >= 0.3 is 6.36 Å². The van der Waals surface area contributed by atoms with Crippen LogP contribution in [-0.4, -0.2) is 85.6 Å². The van der Waals surface area contributed by atoms with E-state index in [0.717, 1.165) is 18.2 Å². The van der Waals surface area contributed by atoms with E-state index < -0.39 is 52.8 Å². The van der Waals surface area contributed by atoms with E-state index in [1.165, 1.54) is 37.3 Å². The van der Waals surface area contributed by atoms with Gasteiger partial charge in [-0.1, -0.05) is 44.9 Å². The smallest absolute Gasteiger partial charge is 0.497 e. The number of anilines is 1. The molecule has 0 spiro atoms. The normalized spacial score (nSPS) is 19.6. The van der Waals surface area contributed by atoms with Gasteiger partial charge in [0.05, 0.1) is 32.6 Å². The number of carbonyl (C=O) groups is 2. The molecule has 17 heteroatoms. The molecule has 0 aromatic heterocycles. The Morgan fingerprint density at radius 3 is 2.25 bits per heavy atom. The van der Waals surface area contributed by atoms with Crippen molar-refractivity contribution < 1.29 is 49.8 Å². The highest BCUT2D eigenvalue weighted by atomic mass is 35.5. The number of alkyl halides is 3. The zero-order chi connectivity index (χ0) is 40.9. The van der Waals surface area contributed by atoms with Crippen LogP contribution in [0.15, 0.2) is 59.5 Å². The SMILES string of the molecule is COc1ccc(S(=O)(=O)N2C(=O)C(c3cc(CO[Si](C)(C)C(C)(C)C)ccc3OC)(N3CCCC[C@H]3C(=O)N(C)C)c3cc(Cl)ccc32)c(OC(F)(F)F)c1. The van der Waals surface area contributed by atoms with Crippen LogP contribution in [0, 0.1) is 0 Å². The molecule has 11 nitrogen and oxygen atoms in total. The van der Waals surface area contributed by atoms with E-state index in [2.05, 4.69) is 38.6 Å². The van der Waals surface area contributed by atoms with Gasteiger partial charge in [-0.3, -0.25) is 14.5 Å². The molecule has 0 saturated carbocycles. The minimum atomic E-state index is -5.30. The molecule has 1 unspecified atom stereocenters. The first-order valence-corrected chi connectivity index (χ1v) is 22.4. The Morgan fingerprint density at radius 2 is 1.65 bits per heavy atom. The first-order valence-electron chi connectivity index (χ1n) is 17.6. The van der Waals surface area contributed by atoms with Crippen molar-refractivity contribution in [1.29, 1.82) is 0 Å². The number of piperidine rings is 1. The summed E-state index contributed by atoms with van der Waals surface area (Å²) < 4.78 is 93.3. The predicted molar refractivity (Wildman–Crippen MR) is 205 cm³/mol. The Hall–Kier alpha value is -3.83. The van der Waals surface area contributed by atoms with Crippen LogP contribution in [0.1, 0.15) is 56.7 Å². The van der Waals surface area contributed by atoms with Gasteiger partial charge in [0.25, 0.3) is 15.9 Å². The third-order valence-electron chi connectivity index (χ3n) is 10.7. The Balaban J connectivity index is 1.85. The molecule has 5 rings (SSSR count). The van der Waals surface area contributed by atoms with Gasteiger partial charge in [-0.05, 0) is 79.0 Å². The number of benzene rings is 3. The van der Waals surface area contributed by atoms with Crippen molar-refractivity contribution in [3.8, 4) is 17.2 Å². The number of hydrogen-bond acceptors (Lipinski definition) is 9. The van der Waals surface area contributed by atoms with Crippen molar-refractivity contribution in [3.63, 3.8) is 0 Å². The number of rotatable bonds is 11. The number of sulfonamides is 1. The zero-order valence-corrected chi connectivity index (χ0v) is 34.9. The maximum Gasteiger partial charge on any atom is 0.573 e. The van der Waals surface area contributed by atoms with Crippen LogP contribution >= 0.6 is 11.6 Å². The van der Waals surface area contributed by atoms with Crippen LogP contribution in [0.5, 0.6) is 17.2 Å². The van der Waals surface area contributed by atoms with Crippen molar-refractivity contribution in [2.45, 2.75) is 87.6 Å². The fourth-order valence-electron chi connectivity index (χ4n) is 6.90. The fourth-order valence-corrected chi connectivity index (χ4v) is 9.60. The molecule has 2 aliphatic heterocycles. The molecule has 2 heterocycles. The van der Waals surface area contributed by atoms with Gasteiger partial charge in [-0.15, -0.1) is 13.2 Å². The molecule has 0 N–H and O–H groups in total. The molecular formula is C38H47ClF3N3O8SSi. The van der Waals surface area contributed by atoms with Crippen LogP contribution in [0.2, 0.25) is 23.2 Å². The average molecular weight is 826 g/mol. The van der Waals surface area contributed by atoms with E-state index in [9.17, 15) is 26.4 Å². The number of likely N-dealkylation sites (N-methyl/N-ethyl adjacent to an activating group) is 1. The summed E-state index contributed by atoms with van der Waals surface area (Å²) in [5, 5.41) is 0.0173. The Labute approximate surface area is 326 Å². The quantitative estimate of drug-likeness (QED) is 0.180. The van der Waals surface area contributed by atoms with E-state index in [1.54, 1.807) is 37.2 Å². The van der Waals surface area contributed by atoms with Gasteiger partial charge in [0.15, 0.2) is 19.6 Å². The molecule has 0 radical (unpaired) electrons. The number of nitrogens with zero attached hydrogens (tertiary/aromatic N) is 3. The van der Waals surface area contributed by atoms with Crippen LogP contribution in [0.4, 0.5) is 18.9 Å². The number of amides is 2. The molecule has 0 bridgehead atoms. The van der Waals surface area contributed by atoms with Crippen molar-refractivity contribution >= 4 is 47.4 Å². The molecular weight excluding hydrogens is 779 g/mol. The van der Waals surface area contributed by atoms with Gasteiger partial charge in [0.1, 0.15) is 16.4 Å². The summed E-state index contributed by atoms with van der Waals surface area (Å²) >= 11 is 6.65. The molecule has 2 atom stereocenters. The molecule has 3 aromatic carbocycles. The first-order chi connectivity index (χ1) is 25.5. The summed E-state index contributed by atoms with van der Waals surface area (Å²) in [5.41, 5.74) is -1.33. The topological polar surface area (TPSA) is 115 Å². The van der Waals surface area contributed by atoms with Crippen LogP contribution in [-0.2, 0) is 36.2 Å². The van der Waals surface area contributed by atoms with E-state index in [-0.39, 0.29) is 57.4 Å². The third kappa shape index (κ3) is 7.80. The first kappa shape index (κ1) is 42.3. The zero-order valence-electron chi connectivity index (χ0n) is 32.3. The van der Waals surface area contributed by atoms with Gasteiger partial charge in [-0.2, -0.15) is 0 Å². The third-order valence-corrected chi connectivity index (χ3v) is 17.1. The summed E-state index contributed by atoms with van der Waals surface area (Å²) in [7, 11) is -1.73. The van der Waals surface area contributed by atoms with Gasteiger partial charge in [-0.25, -0.2) is 12.7 Å². The van der Waals surface area contributed by atoms with Crippen LogP contribution < -0.4 is 18.5 Å². The summed E-state index contributed by atoms with van der Waals surface area (Å²) in [6.07, 6.45) is -3.80. The van der Waals surface area contributed by atoms with Crippen molar-refractivity contribution in [2.75, 3.05) is 39.2 Å². The highest BCUT2D eigenvalue weighted by molar-refractivity contribution is 7.93. The molecule has 0 aliphatic carbocycles. The number of ether oxygens (including phenoxy) is 3. The van der Waals surface area contributed by atoms with Crippen molar-refractivity contribution in [1.82, 2.24) is 9.80 Å². The molecule has 55 heavy (non-hydrogen) atoms. The highest BCUT2D eigenvalue weighted by Crippen LogP contribution is 2.55. The van der Waals surface area contributed by atoms with Crippen molar-refractivity contribution in [2.24, 2.45) is 0 Å². The number of methoxy groups -OCH3 is 2. The van der Waals surface area contributed by atoms with Crippen LogP contribution in [0.25, 0.3) is 0 Å². The minimum Gasteiger partial charge on any atom is -0.497 e. The Kier molecular flexibility index (Phi) is 11.7. The minimum absolute atomic E-state index is 0.0968. The number of hydrogen-bond donors (Lipinski definition) is 0. The second kappa shape index (κ2) is 15.3. The van der Waals surface area contributed by atoms with Crippen molar-refractivity contribution in [3.05, 3.63) is 76.3 Å².